The SMILES string of the molecule is CCc1nn(CCCSC)c(CC)c1C=O. The Balaban J connectivity index is 2.90. The quantitative estimate of drug-likeness (QED) is 0.543. The first-order valence-electron chi connectivity index (χ1n) is 5.81. The van der Waals surface area contributed by atoms with Gasteiger partial charge in [-0.15, -0.1) is 0 Å². The second kappa shape index (κ2) is 6.74. The molecule has 16 heavy (non-hydrogen) atoms. The molecule has 0 atom stereocenters. The average Bonchev–Trinajstić information content (AvgIpc) is 2.66. The molecule has 1 heterocycles. The van der Waals surface area contributed by atoms with Crippen LogP contribution in [-0.2, 0) is 19.4 Å². The fraction of sp³-hybridized carbons (Fsp3) is 0.667. The van der Waals surface area contributed by atoms with Crippen LogP contribution >= 0.6 is 11.8 Å². The first-order chi connectivity index (χ1) is 7.78. The summed E-state index contributed by atoms with van der Waals surface area (Å²) in [6.45, 7) is 5.04. The smallest absolute Gasteiger partial charge is 0.153 e. The largest absolute Gasteiger partial charge is 0.298 e. The van der Waals surface area contributed by atoms with Gasteiger partial charge in [0.2, 0.25) is 0 Å². The molecule has 0 aliphatic rings. The highest BCUT2D eigenvalue weighted by atomic mass is 32.2. The Morgan fingerprint density at radius 3 is 2.62 bits per heavy atom. The Morgan fingerprint density at radius 1 is 1.38 bits per heavy atom. The second-order valence-corrected chi connectivity index (χ2v) is 4.69. The monoisotopic (exact) mass is 240 g/mol. The molecule has 0 aliphatic carbocycles. The number of aryl methyl sites for hydroxylation is 2. The normalized spacial score (nSPS) is 10.7. The fourth-order valence-electron chi connectivity index (χ4n) is 1.88. The lowest BCUT2D eigenvalue weighted by Gasteiger charge is -2.05. The molecule has 0 N–H and O–H groups in total. The summed E-state index contributed by atoms with van der Waals surface area (Å²) in [6, 6.07) is 0. The van der Waals surface area contributed by atoms with Crippen molar-refractivity contribution in [1.29, 1.82) is 0 Å². The molecule has 0 unspecified atom stereocenters. The Hall–Kier alpha value is -0.770. The van der Waals surface area contributed by atoms with Crippen LogP contribution < -0.4 is 0 Å². The summed E-state index contributed by atoms with van der Waals surface area (Å²) in [5.41, 5.74) is 2.85. The number of thioether (sulfide) groups is 1. The number of aldehydes is 1. The van der Waals surface area contributed by atoms with Gasteiger partial charge in [0.15, 0.2) is 6.29 Å². The van der Waals surface area contributed by atoms with Crippen LogP contribution in [0.25, 0.3) is 0 Å². The second-order valence-electron chi connectivity index (χ2n) is 3.70. The first kappa shape index (κ1) is 13.3. The zero-order valence-electron chi connectivity index (χ0n) is 10.3. The molecule has 0 aliphatic heterocycles. The molecular formula is C12H20N2OS. The van der Waals surface area contributed by atoms with E-state index < -0.39 is 0 Å². The van der Waals surface area contributed by atoms with E-state index in [-0.39, 0.29) is 0 Å². The van der Waals surface area contributed by atoms with Crippen molar-refractivity contribution >= 4 is 18.0 Å². The first-order valence-corrected chi connectivity index (χ1v) is 7.20. The number of hydrogen-bond acceptors (Lipinski definition) is 3. The lowest BCUT2D eigenvalue weighted by molar-refractivity contribution is 0.112. The molecule has 1 rings (SSSR count). The van der Waals surface area contributed by atoms with Gasteiger partial charge in [0, 0.05) is 12.2 Å². The van der Waals surface area contributed by atoms with E-state index in [0.717, 1.165) is 54.8 Å². The third kappa shape index (κ3) is 2.88. The van der Waals surface area contributed by atoms with E-state index in [1.165, 1.54) is 0 Å². The number of rotatable bonds is 7. The van der Waals surface area contributed by atoms with Gasteiger partial charge in [-0.2, -0.15) is 16.9 Å². The van der Waals surface area contributed by atoms with Gasteiger partial charge in [-0.05, 0) is 31.3 Å². The minimum atomic E-state index is 0.814. The van der Waals surface area contributed by atoms with Crippen LogP contribution in [0.4, 0.5) is 0 Å². The van der Waals surface area contributed by atoms with Crippen molar-refractivity contribution < 1.29 is 4.79 Å². The summed E-state index contributed by atoms with van der Waals surface area (Å²) in [4.78, 5) is 11.1. The Labute approximate surface area is 102 Å². The van der Waals surface area contributed by atoms with Gasteiger partial charge in [-0.25, -0.2) is 0 Å². The maximum Gasteiger partial charge on any atom is 0.153 e. The van der Waals surface area contributed by atoms with E-state index in [1.807, 2.05) is 23.4 Å². The summed E-state index contributed by atoms with van der Waals surface area (Å²) in [6.07, 6.45) is 5.88. The van der Waals surface area contributed by atoms with Crippen LogP contribution in [0.1, 0.15) is 42.0 Å². The van der Waals surface area contributed by atoms with Crippen LogP contribution in [0.3, 0.4) is 0 Å². The summed E-state index contributed by atoms with van der Waals surface area (Å²) in [5.74, 6) is 1.14. The molecule has 0 aromatic carbocycles. The molecule has 0 saturated heterocycles. The van der Waals surface area contributed by atoms with Crippen molar-refractivity contribution in [2.75, 3.05) is 12.0 Å². The van der Waals surface area contributed by atoms with Crippen molar-refractivity contribution in [2.24, 2.45) is 0 Å². The highest BCUT2D eigenvalue weighted by Gasteiger charge is 2.13. The summed E-state index contributed by atoms with van der Waals surface area (Å²) in [7, 11) is 0. The molecule has 0 spiro atoms. The zero-order chi connectivity index (χ0) is 12.0. The molecule has 90 valence electrons. The van der Waals surface area contributed by atoms with E-state index in [9.17, 15) is 4.79 Å². The van der Waals surface area contributed by atoms with Crippen LogP contribution in [-0.4, -0.2) is 28.1 Å². The standard InChI is InChI=1S/C12H20N2OS/c1-4-11-10(9-15)12(5-2)14(13-11)7-6-8-16-3/h9H,4-8H2,1-3H3. The lowest BCUT2D eigenvalue weighted by atomic mass is 10.1. The Morgan fingerprint density at radius 2 is 2.12 bits per heavy atom. The minimum Gasteiger partial charge on any atom is -0.298 e. The van der Waals surface area contributed by atoms with E-state index >= 15 is 0 Å². The fourth-order valence-corrected chi connectivity index (χ4v) is 2.30. The average molecular weight is 240 g/mol. The third-order valence-electron chi connectivity index (χ3n) is 2.68. The number of carbonyl (C=O) groups is 1. The van der Waals surface area contributed by atoms with Crippen LogP contribution in [0.5, 0.6) is 0 Å². The van der Waals surface area contributed by atoms with Gasteiger partial charge in [0.05, 0.1) is 11.3 Å². The molecular weight excluding hydrogens is 220 g/mol. The Bertz CT molecular complexity index is 347. The maximum atomic E-state index is 11.1. The minimum absolute atomic E-state index is 0.814. The Kier molecular flexibility index (Phi) is 5.60. The molecule has 3 nitrogen and oxygen atoms in total. The van der Waals surface area contributed by atoms with Gasteiger partial charge in [0.25, 0.3) is 0 Å². The van der Waals surface area contributed by atoms with Crippen molar-refractivity contribution in [3.05, 3.63) is 17.0 Å². The van der Waals surface area contributed by atoms with Crippen LogP contribution in [0, 0.1) is 0 Å². The molecule has 0 amide bonds. The third-order valence-corrected chi connectivity index (χ3v) is 3.38. The van der Waals surface area contributed by atoms with Crippen LogP contribution in [0.2, 0.25) is 0 Å². The molecule has 0 saturated carbocycles. The highest BCUT2D eigenvalue weighted by molar-refractivity contribution is 7.98. The molecule has 0 bridgehead atoms. The van der Waals surface area contributed by atoms with E-state index in [1.54, 1.807) is 0 Å². The maximum absolute atomic E-state index is 11.1. The molecule has 0 fully saturated rings. The van der Waals surface area contributed by atoms with E-state index in [0.29, 0.717) is 0 Å². The van der Waals surface area contributed by atoms with Crippen molar-refractivity contribution in [3.8, 4) is 0 Å². The highest BCUT2D eigenvalue weighted by Crippen LogP contribution is 2.14. The summed E-state index contributed by atoms with van der Waals surface area (Å²) >= 11 is 1.85. The molecule has 1 aromatic rings. The summed E-state index contributed by atoms with van der Waals surface area (Å²) < 4.78 is 2.01. The number of nitrogens with zero attached hydrogens (tertiary/aromatic N) is 2. The number of hydrogen-bond donors (Lipinski definition) is 0. The van der Waals surface area contributed by atoms with E-state index in [4.69, 9.17) is 0 Å². The van der Waals surface area contributed by atoms with Gasteiger partial charge >= 0.3 is 0 Å². The predicted octanol–water partition coefficient (Wildman–Crippen LogP) is 2.57. The van der Waals surface area contributed by atoms with Crippen LogP contribution in [0.15, 0.2) is 0 Å². The molecule has 4 heteroatoms. The molecule has 1 aromatic heterocycles. The van der Waals surface area contributed by atoms with E-state index in [2.05, 4.69) is 18.3 Å². The number of aromatic nitrogens is 2. The summed E-state index contributed by atoms with van der Waals surface area (Å²) in [5, 5.41) is 4.52. The van der Waals surface area contributed by atoms with Crippen molar-refractivity contribution in [1.82, 2.24) is 9.78 Å². The topological polar surface area (TPSA) is 34.9 Å². The van der Waals surface area contributed by atoms with Gasteiger partial charge in [-0.1, -0.05) is 13.8 Å². The van der Waals surface area contributed by atoms with Gasteiger partial charge in [-0.3, -0.25) is 9.48 Å². The zero-order valence-corrected chi connectivity index (χ0v) is 11.1. The van der Waals surface area contributed by atoms with Gasteiger partial charge < -0.3 is 0 Å². The lowest BCUT2D eigenvalue weighted by Crippen LogP contribution is -2.06. The molecule has 0 radical (unpaired) electrons. The number of carbonyl (C=O) groups excluding carboxylic acids is 1. The van der Waals surface area contributed by atoms with Gasteiger partial charge in [0.1, 0.15) is 0 Å². The van der Waals surface area contributed by atoms with Crippen molar-refractivity contribution in [2.45, 2.75) is 39.7 Å². The van der Waals surface area contributed by atoms with Crippen molar-refractivity contribution in [3.63, 3.8) is 0 Å². The predicted molar refractivity (Wildman–Crippen MR) is 69.4 cm³/mol.